The monoisotopic (exact) mass is 455 g/mol. The maximum absolute atomic E-state index is 13.7. The summed E-state index contributed by atoms with van der Waals surface area (Å²) < 4.78 is 64.2. The van der Waals surface area contributed by atoms with Crippen molar-refractivity contribution in [3.8, 4) is 0 Å². The molecule has 30 heavy (non-hydrogen) atoms. The standard InChI is InChI=1S/C17H25F3N4O2.H3NO2S/c1-11-10-26-7-6-23(11)13-8-14(21-15(25)9-13)24-5-4-22(3)12(2)16(24)17(18,19)20;1-4(2)3/h8-9,11-12,16H,4-7,10H2,1-3H3,(H,21,25);4H,(H2,1,2,3)/t11-,12?,16?;/m1./s1. The third kappa shape index (κ3) is 6.09. The zero-order valence-electron chi connectivity index (χ0n) is 17.1. The van der Waals surface area contributed by atoms with Gasteiger partial charge in [0, 0.05) is 49.5 Å². The highest BCUT2D eigenvalue weighted by Gasteiger charge is 2.50. The SMILES string of the molecule is CC1C(C(F)(F)F)N(c2cc(N3CCOC[C@H]3C)cc(=O)[nH]2)CCN1C.N[SH](=O)=O. The summed E-state index contributed by atoms with van der Waals surface area (Å²) in [5, 5.41) is 4.06. The quantitative estimate of drug-likeness (QED) is 0.544. The summed E-state index contributed by atoms with van der Waals surface area (Å²) in [5.41, 5.74) is 0.232. The lowest BCUT2D eigenvalue weighted by Gasteiger charge is -2.46. The van der Waals surface area contributed by atoms with Crippen molar-refractivity contribution >= 4 is 22.4 Å². The Morgan fingerprint density at radius 3 is 2.37 bits per heavy atom. The molecule has 0 bridgehead atoms. The van der Waals surface area contributed by atoms with Gasteiger partial charge in [-0.25, -0.2) is 13.6 Å². The predicted molar refractivity (Wildman–Crippen MR) is 108 cm³/mol. The molecule has 0 aliphatic carbocycles. The lowest BCUT2D eigenvalue weighted by molar-refractivity contribution is -0.165. The molecule has 1 aromatic rings. The molecule has 2 aliphatic rings. The van der Waals surface area contributed by atoms with E-state index in [1.54, 1.807) is 24.9 Å². The van der Waals surface area contributed by atoms with Gasteiger partial charge in [-0.05, 0) is 20.9 Å². The van der Waals surface area contributed by atoms with Crippen LogP contribution in [0, 0.1) is 0 Å². The molecule has 2 unspecified atom stereocenters. The van der Waals surface area contributed by atoms with Crippen LogP contribution in [0.2, 0.25) is 0 Å². The molecule has 1 aromatic heterocycles. The number of thiol groups is 1. The second-order valence-electron chi connectivity index (χ2n) is 7.39. The summed E-state index contributed by atoms with van der Waals surface area (Å²) in [7, 11) is -0.931. The normalized spacial score (nSPS) is 25.8. The van der Waals surface area contributed by atoms with Crippen LogP contribution in [0.25, 0.3) is 0 Å². The second-order valence-corrected chi connectivity index (χ2v) is 7.96. The molecule has 3 N–H and O–H groups in total. The molecule has 0 spiro atoms. The first-order chi connectivity index (χ1) is 13.9. The van der Waals surface area contributed by atoms with Gasteiger partial charge in [0.15, 0.2) is 10.9 Å². The van der Waals surface area contributed by atoms with Crippen molar-refractivity contribution in [2.24, 2.45) is 5.14 Å². The van der Waals surface area contributed by atoms with Crippen LogP contribution < -0.4 is 20.5 Å². The number of aromatic nitrogens is 1. The van der Waals surface area contributed by atoms with E-state index < -0.39 is 34.7 Å². The van der Waals surface area contributed by atoms with E-state index in [1.807, 2.05) is 11.8 Å². The number of morpholine rings is 1. The first-order valence-electron chi connectivity index (χ1n) is 9.43. The lowest BCUT2D eigenvalue weighted by atomic mass is 10.0. The molecular weight excluding hydrogens is 427 g/mol. The highest BCUT2D eigenvalue weighted by Crippen LogP contribution is 2.34. The van der Waals surface area contributed by atoms with E-state index in [0.717, 1.165) is 0 Å². The minimum Gasteiger partial charge on any atom is -0.377 e. The van der Waals surface area contributed by atoms with Gasteiger partial charge < -0.3 is 19.5 Å². The molecule has 0 amide bonds. The number of anilines is 2. The van der Waals surface area contributed by atoms with Crippen LogP contribution in [-0.2, 0) is 15.6 Å². The molecule has 9 nitrogen and oxygen atoms in total. The third-order valence-corrected chi connectivity index (χ3v) is 5.34. The molecular formula is C17H28F3N5O4S. The van der Waals surface area contributed by atoms with Crippen LogP contribution in [-0.4, -0.2) is 82.5 Å². The Bertz CT molecular complexity index is 839. The van der Waals surface area contributed by atoms with E-state index in [9.17, 15) is 18.0 Å². The maximum Gasteiger partial charge on any atom is 0.410 e. The second kappa shape index (κ2) is 9.98. The number of likely N-dealkylation sites (N-methyl/N-ethyl adjacent to an activating group) is 1. The summed E-state index contributed by atoms with van der Waals surface area (Å²) in [6.07, 6.45) is -4.40. The minimum atomic E-state index is -4.40. The van der Waals surface area contributed by atoms with Crippen molar-refractivity contribution in [2.45, 2.75) is 38.1 Å². The fourth-order valence-corrected chi connectivity index (χ4v) is 3.78. The lowest BCUT2D eigenvalue weighted by Crippen LogP contribution is -2.63. The van der Waals surface area contributed by atoms with Crippen molar-refractivity contribution in [1.82, 2.24) is 9.88 Å². The van der Waals surface area contributed by atoms with E-state index in [1.165, 1.54) is 11.0 Å². The number of piperazine rings is 1. The van der Waals surface area contributed by atoms with Gasteiger partial charge in [0.2, 0.25) is 0 Å². The predicted octanol–water partition coefficient (Wildman–Crippen LogP) is 0.143. The zero-order valence-corrected chi connectivity index (χ0v) is 17.9. The van der Waals surface area contributed by atoms with E-state index in [4.69, 9.17) is 13.2 Å². The number of hydrogen-bond donors (Lipinski definition) is 3. The average Bonchev–Trinajstić information content (AvgIpc) is 2.62. The fraction of sp³-hybridized carbons (Fsp3) is 0.706. The molecule has 3 heterocycles. The summed E-state index contributed by atoms with van der Waals surface area (Å²) in [6, 6.07) is 0.767. The van der Waals surface area contributed by atoms with Crippen LogP contribution in [0.3, 0.4) is 0 Å². The van der Waals surface area contributed by atoms with Crippen molar-refractivity contribution < 1.29 is 26.3 Å². The van der Waals surface area contributed by atoms with Crippen molar-refractivity contribution in [1.29, 1.82) is 0 Å². The number of H-pyrrole nitrogens is 1. The van der Waals surface area contributed by atoms with Gasteiger partial charge in [-0.2, -0.15) is 13.2 Å². The molecule has 2 aliphatic heterocycles. The molecule has 172 valence electrons. The number of alkyl halides is 3. The molecule has 2 fully saturated rings. The van der Waals surface area contributed by atoms with Gasteiger partial charge in [0.1, 0.15) is 11.9 Å². The highest BCUT2D eigenvalue weighted by molar-refractivity contribution is 7.69. The number of ether oxygens (including phenoxy) is 1. The van der Waals surface area contributed by atoms with Crippen molar-refractivity contribution in [3.05, 3.63) is 22.5 Å². The van der Waals surface area contributed by atoms with Crippen LogP contribution in [0.4, 0.5) is 24.7 Å². The van der Waals surface area contributed by atoms with Crippen LogP contribution in [0.15, 0.2) is 16.9 Å². The van der Waals surface area contributed by atoms with E-state index >= 15 is 0 Å². The number of nitrogens with one attached hydrogen (secondary N) is 1. The van der Waals surface area contributed by atoms with Crippen LogP contribution >= 0.6 is 0 Å². The van der Waals surface area contributed by atoms with Crippen molar-refractivity contribution in [3.63, 3.8) is 0 Å². The molecule has 0 radical (unpaired) electrons. The Balaban J connectivity index is 0.000000735. The number of aromatic amines is 1. The molecule has 2 saturated heterocycles. The van der Waals surface area contributed by atoms with E-state index in [0.29, 0.717) is 32.0 Å². The van der Waals surface area contributed by atoms with Gasteiger partial charge in [-0.15, -0.1) is 0 Å². The van der Waals surface area contributed by atoms with Crippen LogP contribution in [0.5, 0.6) is 0 Å². The Morgan fingerprint density at radius 1 is 1.17 bits per heavy atom. The number of nitrogens with two attached hydrogens (primary N) is 1. The molecule has 0 aromatic carbocycles. The minimum absolute atomic E-state index is 0.0585. The van der Waals surface area contributed by atoms with Gasteiger partial charge >= 0.3 is 6.18 Å². The largest absolute Gasteiger partial charge is 0.410 e. The van der Waals surface area contributed by atoms with Gasteiger partial charge in [0.05, 0.1) is 13.2 Å². The van der Waals surface area contributed by atoms with Crippen LogP contribution in [0.1, 0.15) is 13.8 Å². The third-order valence-electron chi connectivity index (χ3n) is 5.34. The smallest absolute Gasteiger partial charge is 0.377 e. The van der Waals surface area contributed by atoms with Gasteiger partial charge in [-0.3, -0.25) is 9.69 Å². The highest BCUT2D eigenvalue weighted by atomic mass is 32.2. The number of nitrogens with zero attached hydrogens (tertiary/aromatic N) is 3. The number of hydrogen-bond acceptors (Lipinski definition) is 7. The maximum atomic E-state index is 13.7. The summed E-state index contributed by atoms with van der Waals surface area (Å²) >= 11 is 0. The Hall–Kier alpha value is -1.83. The first kappa shape index (κ1) is 24.4. The van der Waals surface area contributed by atoms with E-state index in [2.05, 4.69) is 10.1 Å². The topological polar surface area (TPSA) is 112 Å². The number of halogens is 3. The zero-order chi connectivity index (χ0) is 22.6. The molecule has 0 saturated carbocycles. The number of pyridine rings is 1. The number of rotatable bonds is 2. The van der Waals surface area contributed by atoms with Gasteiger partial charge in [-0.1, -0.05) is 0 Å². The Morgan fingerprint density at radius 2 is 1.80 bits per heavy atom. The van der Waals surface area contributed by atoms with Crippen molar-refractivity contribution in [2.75, 3.05) is 49.7 Å². The molecule has 3 rings (SSSR count). The molecule has 3 atom stereocenters. The fourth-order valence-electron chi connectivity index (χ4n) is 3.78. The summed E-state index contributed by atoms with van der Waals surface area (Å²) in [4.78, 5) is 19.8. The van der Waals surface area contributed by atoms with Gasteiger partial charge in [0.25, 0.3) is 5.56 Å². The summed E-state index contributed by atoms with van der Waals surface area (Å²) in [6.45, 7) is 5.89. The first-order valence-corrected chi connectivity index (χ1v) is 10.7. The Kier molecular flexibility index (Phi) is 8.13. The summed E-state index contributed by atoms with van der Waals surface area (Å²) in [5.74, 6) is 0.216. The average molecular weight is 456 g/mol. The molecule has 13 heteroatoms. The Labute approximate surface area is 174 Å². The van der Waals surface area contributed by atoms with E-state index in [-0.39, 0.29) is 18.4 Å².